The van der Waals surface area contributed by atoms with E-state index in [1.54, 1.807) is 20.8 Å². The SMILES string of the molecule is Cc1ccc(C)c(C(C(=O)NC(C)(C)C)N(C(=O)C(CCC(N)=O)NC(=O)OC(C)(C)C)C(C)(C)C)c1. The molecule has 0 fully saturated rings. The van der Waals surface area contributed by atoms with Crippen LogP contribution in [0.1, 0.15) is 97.9 Å². The maximum absolute atomic E-state index is 14.2. The van der Waals surface area contributed by atoms with E-state index in [2.05, 4.69) is 10.6 Å². The van der Waals surface area contributed by atoms with Gasteiger partial charge in [0.15, 0.2) is 0 Å². The molecule has 0 bridgehead atoms. The van der Waals surface area contributed by atoms with Crippen LogP contribution in [-0.2, 0) is 19.1 Å². The van der Waals surface area contributed by atoms with E-state index in [9.17, 15) is 19.2 Å². The fraction of sp³-hybridized carbons (Fsp3) is 0.643. The summed E-state index contributed by atoms with van der Waals surface area (Å²) in [5.41, 5.74) is 5.64. The molecular formula is C28H46N4O5. The van der Waals surface area contributed by atoms with Gasteiger partial charge in [0, 0.05) is 17.5 Å². The van der Waals surface area contributed by atoms with Crippen LogP contribution in [0.5, 0.6) is 0 Å². The lowest BCUT2D eigenvalue weighted by atomic mass is 9.91. The molecule has 1 rings (SSSR count). The molecule has 9 heteroatoms. The van der Waals surface area contributed by atoms with Crippen molar-refractivity contribution in [3.63, 3.8) is 0 Å². The predicted octanol–water partition coefficient (Wildman–Crippen LogP) is 4.05. The Bertz CT molecular complexity index is 999. The van der Waals surface area contributed by atoms with Crippen LogP contribution in [-0.4, -0.2) is 51.4 Å². The van der Waals surface area contributed by atoms with Gasteiger partial charge in [-0.3, -0.25) is 14.4 Å². The minimum atomic E-state index is -1.14. The lowest BCUT2D eigenvalue weighted by molar-refractivity contribution is -0.149. The van der Waals surface area contributed by atoms with Gasteiger partial charge >= 0.3 is 6.09 Å². The summed E-state index contributed by atoms with van der Waals surface area (Å²) < 4.78 is 5.37. The number of hydrogen-bond acceptors (Lipinski definition) is 5. The van der Waals surface area contributed by atoms with Crippen LogP contribution < -0.4 is 16.4 Å². The van der Waals surface area contributed by atoms with Crippen LogP contribution >= 0.6 is 0 Å². The average molecular weight is 519 g/mol. The van der Waals surface area contributed by atoms with E-state index in [1.807, 2.05) is 73.6 Å². The van der Waals surface area contributed by atoms with Gasteiger partial charge in [-0.15, -0.1) is 0 Å². The third kappa shape index (κ3) is 10.4. The first kappa shape index (κ1) is 31.9. The molecule has 1 aromatic carbocycles. The van der Waals surface area contributed by atoms with Crippen molar-refractivity contribution in [1.29, 1.82) is 0 Å². The highest BCUT2D eigenvalue weighted by molar-refractivity contribution is 5.93. The molecule has 0 saturated carbocycles. The number of nitrogens with zero attached hydrogens (tertiary/aromatic N) is 1. The van der Waals surface area contributed by atoms with Crippen molar-refractivity contribution in [2.24, 2.45) is 5.73 Å². The van der Waals surface area contributed by atoms with Gasteiger partial charge in [-0.05, 0) is 93.7 Å². The number of benzene rings is 1. The van der Waals surface area contributed by atoms with Crippen molar-refractivity contribution < 1.29 is 23.9 Å². The van der Waals surface area contributed by atoms with Crippen LogP contribution in [0.15, 0.2) is 18.2 Å². The Morgan fingerprint density at radius 3 is 2.00 bits per heavy atom. The predicted molar refractivity (Wildman–Crippen MR) is 145 cm³/mol. The standard InChI is InChI=1S/C28H46N4O5/c1-17-12-13-18(2)19(16-17)22(23(34)31-26(3,4)5)32(27(6,7)8)24(35)20(14-15-21(29)33)30-25(36)37-28(9,10)11/h12-13,16,20,22H,14-15H2,1-11H3,(H2,29,33)(H,30,36)(H,31,34). The van der Waals surface area contributed by atoms with Gasteiger partial charge in [0.25, 0.3) is 0 Å². The zero-order valence-corrected chi connectivity index (χ0v) is 24.4. The van der Waals surface area contributed by atoms with E-state index in [0.29, 0.717) is 5.56 Å². The van der Waals surface area contributed by atoms with Gasteiger partial charge < -0.3 is 26.0 Å². The second-order valence-corrected chi connectivity index (χ2v) is 12.6. The Morgan fingerprint density at radius 1 is 0.973 bits per heavy atom. The minimum absolute atomic E-state index is 0.0413. The van der Waals surface area contributed by atoms with Crippen molar-refractivity contribution in [3.05, 3.63) is 34.9 Å². The molecule has 0 radical (unpaired) electrons. The first-order valence-electron chi connectivity index (χ1n) is 12.6. The Balaban J connectivity index is 3.70. The van der Waals surface area contributed by atoms with Gasteiger partial charge in [0.1, 0.15) is 17.7 Å². The molecule has 4 N–H and O–H groups in total. The second kappa shape index (κ2) is 12.0. The second-order valence-electron chi connectivity index (χ2n) is 12.6. The Morgan fingerprint density at radius 2 is 1.54 bits per heavy atom. The summed E-state index contributed by atoms with van der Waals surface area (Å²) in [5.74, 6) is -1.48. The van der Waals surface area contributed by atoms with Gasteiger partial charge in [-0.1, -0.05) is 23.8 Å². The monoisotopic (exact) mass is 518 g/mol. The Hall–Kier alpha value is -3.10. The molecule has 1 aromatic rings. The summed E-state index contributed by atoms with van der Waals surface area (Å²) in [6.45, 7) is 20.0. The third-order valence-electron chi connectivity index (χ3n) is 5.36. The Kier molecular flexibility index (Phi) is 10.3. The molecule has 9 nitrogen and oxygen atoms in total. The maximum Gasteiger partial charge on any atom is 0.408 e. The van der Waals surface area contributed by atoms with Crippen molar-refractivity contribution in [2.75, 3.05) is 0 Å². The third-order valence-corrected chi connectivity index (χ3v) is 5.36. The smallest absolute Gasteiger partial charge is 0.408 e. The van der Waals surface area contributed by atoms with Gasteiger partial charge in [-0.25, -0.2) is 4.79 Å². The highest BCUT2D eigenvalue weighted by Gasteiger charge is 2.43. The molecule has 0 aromatic heterocycles. The molecule has 0 heterocycles. The molecule has 4 amide bonds. The van der Waals surface area contributed by atoms with Crippen LogP contribution in [0.3, 0.4) is 0 Å². The normalized spacial score (nSPS) is 13.8. The fourth-order valence-corrected chi connectivity index (χ4v) is 3.90. The quantitative estimate of drug-likeness (QED) is 0.478. The highest BCUT2D eigenvalue weighted by atomic mass is 16.6. The zero-order chi connectivity index (χ0) is 28.9. The molecule has 0 spiro atoms. The summed E-state index contributed by atoms with van der Waals surface area (Å²) in [6.07, 6.45) is -0.973. The number of rotatable bonds is 8. The van der Waals surface area contributed by atoms with E-state index in [1.165, 1.54) is 4.90 Å². The van der Waals surface area contributed by atoms with Crippen molar-refractivity contribution in [3.8, 4) is 0 Å². The van der Waals surface area contributed by atoms with Crippen LogP contribution in [0.4, 0.5) is 4.79 Å². The molecular weight excluding hydrogens is 472 g/mol. The van der Waals surface area contributed by atoms with Crippen LogP contribution in [0.25, 0.3) is 0 Å². The number of carbonyl (C=O) groups is 4. The molecule has 208 valence electrons. The molecule has 0 aliphatic carbocycles. The fourth-order valence-electron chi connectivity index (χ4n) is 3.90. The largest absolute Gasteiger partial charge is 0.444 e. The van der Waals surface area contributed by atoms with E-state index in [-0.39, 0.29) is 18.7 Å². The molecule has 0 saturated heterocycles. The number of ether oxygens (including phenoxy) is 1. The van der Waals surface area contributed by atoms with Crippen molar-refractivity contribution >= 4 is 23.8 Å². The number of primary amides is 1. The van der Waals surface area contributed by atoms with Crippen molar-refractivity contribution in [1.82, 2.24) is 15.5 Å². The molecule has 0 aliphatic rings. The number of hydrogen-bond donors (Lipinski definition) is 3. The minimum Gasteiger partial charge on any atom is -0.444 e. The summed E-state index contributed by atoms with van der Waals surface area (Å²) in [4.78, 5) is 53.8. The van der Waals surface area contributed by atoms with Gasteiger partial charge in [0.05, 0.1) is 0 Å². The Labute approximate surface area is 221 Å². The van der Waals surface area contributed by atoms with E-state index in [0.717, 1.165) is 11.1 Å². The molecule has 2 atom stereocenters. The van der Waals surface area contributed by atoms with Gasteiger partial charge in [-0.2, -0.15) is 0 Å². The molecule has 0 aliphatic heterocycles. The molecule has 2 unspecified atom stereocenters. The number of nitrogens with one attached hydrogen (secondary N) is 2. The lowest BCUT2D eigenvalue weighted by Crippen LogP contribution is -2.59. The van der Waals surface area contributed by atoms with Crippen LogP contribution in [0.2, 0.25) is 0 Å². The zero-order valence-electron chi connectivity index (χ0n) is 24.4. The number of alkyl carbamates (subject to hydrolysis) is 1. The van der Waals surface area contributed by atoms with E-state index >= 15 is 0 Å². The summed E-state index contributed by atoms with van der Waals surface area (Å²) in [6, 6.07) is 3.62. The number of carbonyl (C=O) groups excluding carboxylic acids is 4. The summed E-state index contributed by atoms with van der Waals surface area (Å²) >= 11 is 0. The first-order chi connectivity index (χ1) is 16.6. The van der Waals surface area contributed by atoms with E-state index < -0.39 is 46.7 Å². The van der Waals surface area contributed by atoms with Crippen LogP contribution in [0, 0.1) is 13.8 Å². The summed E-state index contributed by atoms with van der Waals surface area (Å²) in [7, 11) is 0. The topological polar surface area (TPSA) is 131 Å². The number of aryl methyl sites for hydroxylation is 2. The molecule has 37 heavy (non-hydrogen) atoms. The maximum atomic E-state index is 14.2. The highest BCUT2D eigenvalue weighted by Crippen LogP contribution is 2.33. The summed E-state index contributed by atoms with van der Waals surface area (Å²) in [5, 5.41) is 5.62. The number of nitrogens with two attached hydrogens (primary N) is 1. The van der Waals surface area contributed by atoms with E-state index in [4.69, 9.17) is 10.5 Å². The average Bonchev–Trinajstić information content (AvgIpc) is 2.66. The first-order valence-corrected chi connectivity index (χ1v) is 12.6. The lowest BCUT2D eigenvalue weighted by Gasteiger charge is -2.44. The van der Waals surface area contributed by atoms with Gasteiger partial charge in [0.2, 0.25) is 17.7 Å². The van der Waals surface area contributed by atoms with Crippen molar-refractivity contribution in [2.45, 2.75) is 118 Å². The number of amides is 4.